The fraction of sp³-hybridized carbons (Fsp3) is 0.310. The summed E-state index contributed by atoms with van der Waals surface area (Å²) in [4.78, 5) is 32.3. The van der Waals surface area contributed by atoms with Crippen LogP contribution in [0, 0.1) is 19.8 Å². The van der Waals surface area contributed by atoms with E-state index in [1.807, 2.05) is 32.0 Å². The van der Waals surface area contributed by atoms with E-state index in [1.54, 1.807) is 30.3 Å². The Morgan fingerprint density at radius 1 is 0.816 bits per heavy atom. The van der Waals surface area contributed by atoms with Crippen molar-refractivity contribution in [2.24, 2.45) is 5.92 Å². The van der Waals surface area contributed by atoms with E-state index in [0.29, 0.717) is 27.4 Å². The normalized spacial score (nSPS) is 13.4. The first-order chi connectivity index (χ1) is 17.7. The van der Waals surface area contributed by atoms with Gasteiger partial charge in [0.25, 0.3) is 5.91 Å². The lowest BCUT2D eigenvalue weighted by Gasteiger charge is -2.22. The van der Waals surface area contributed by atoms with E-state index in [4.69, 9.17) is 28.3 Å². The second-order valence-electron chi connectivity index (χ2n) is 9.40. The minimum Gasteiger partial charge on any atom is -0.478 e. The van der Waals surface area contributed by atoms with Crippen molar-refractivity contribution in [1.82, 2.24) is 15.3 Å². The highest BCUT2D eigenvalue weighted by Gasteiger charge is 2.18. The molecule has 2 heterocycles. The van der Waals surface area contributed by atoms with E-state index < -0.39 is 5.97 Å². The van der Waals surface area contributed by atoms with Crippen LogP contribution >= 0.6 is 35.6 Å². The third-order valence-corrected chi connectivity index (χ3v) is 7.27. The first-order valence-corrected chi connectivity index (χ1v) is 13.1. The summed E-state index contributed by atoms with van der Waals surface area (Å²) < 4.78 is 0. The van der Waals surface area contributed by atoms with Crippen molar-refractivity contribution in [2.45, 2.75) is 46.0 Å². The molecule has 0 spiro atoms. The Hall–Kier alpha value is -2.93. The second-order valence-corrected chi connectivity index (χ2v) is 10.2. The zero-order chi connectivity index (χ0) is 26.5. The van der Waals surface area contributed by atoms with Crippen molar-refractivity contribution in [3.8, 4) is 0 Å². The zero-order valence-corrected chi connectivity index (χ0v) is 23.6. The number of carbonyl (C=O) groups excluding carboxylic acids is 1. The van der Waals surface area contributed by atoms with Crippen LogP contribution in [0.2, 0.25) is 10.0 Å². The number of aryl methyl sites for hydroxylation is 2. The zero-order valence-electron chi connectivity index (χ0n) is 21.3. The Balaban J connectivity index is 0.000000220. The maximum atomic E-state index is 12.6. The van der Waals surface area contributed by atoms with Gasteiger partial charge >= 0.3 is 5.97 Å². The fourth-order valence-corrected chi connectivity index (χ4v) is 5.22. The average Bonchev–Trinajstić information content (AvgIpc) is 2.88. The molecule has 4 aromatic rings. The third kappa shape index (κ3) is 6.93. The Bertz CT molecular complexity index is 1470. The Kier molecular flexibility index (Phi) is 10.3. The average molecular weight is 575 g/mol. The molecule has 1 amide bonds. The highest BCUT2D eigenvalue weighted by Crippen LogP contribution is 2.27. The van der Waals surface area contributed by atoms with Gasteiger partial charge in [-0.15, -0.1) is 12.4 Å². The fourth-order valence-electron chi connectivity index (χ4n) is 4.72. The third-order valence-electron chi connectivity index (χ3n) is 6.64. The molecule has 0 unspecified atom stereocenters. The maximum absolute atomic E-state index is 12.6. The molecule has 1 aliphatic carbocycles. The van der Waals surface area contributed by atoms with Gasteiger partial charge in [-0.2, -0.15) is 0 Å². The molecule has 0 saturated heterocycles. The van der Waals surface area contributed by atoms with Gasteiger partial charge in [0, 0.05) is 28.7 Å². The molecular weight excluding hydrogens is 545 g/mol. The SMILES string of the molecule is Cc1ccc2c(C(=O)NCC3CCCCC3)c(Cl)ccc2n1.Cc1ccc2c(C(=O)O)c(Cl)ccc2n1.Cl. The van der Waals surface area contributed by atoms with Crippen LogP contribution < -0.4 is 5.32 Å². The van der Waals surface area contributed by atoms with Crippen molar-refractivity contribution in [3.05, 3.63) is 81.1 Å². The molecule has 200 valence electrons. The number of carbonyl (C=O) groups is 2. The summed E-state index contributed by atoms with van der Waals surface area (Å²) in [6, 6.07) is 14.2. The van der Waals surface area contributed by atoms with Gasteiger partial charge in [0.05, 0.1) is 32.2 Å². The number of carboxylic acid groups (broad SMARTS) is 1. The molecule has 2 N–H and O–H groups in total. The summed E-state index contributed by atoms with van der Waals surface area (Å²) >= 11 is 12.1. The van der Waals surface area contributed by atoms with Gasteiger partial charge < -0.3 is 10.4 Å². The summed E-state index contributed by atoms with van der Waals surface area (Å²) in [7, 11) is 0. The molecule has 2 aromatic carbocycles. The molecular formula is C29H30Cl3N3O3. The first kappa shape index (κ1) is 29.6. The van der Waals surface area contributed by atoms with Gasteiger partial charge in [0.2, 0.25) is 0 Å². The van der Waals surface area contributed by atoms with Crippen LogP contribution in [0.3, 0.4) is 0 Å². The Morgan fingerprint density at radius 2 is 1.32 bits per heavy atom. The monoisotopic (exact) mass is 573 g/mol. The van der Waals surface area contributed by atoms with Gasteiger partial charge in [-0.25, -0.2) is 4.79 Å². The number of aromatic nitrogens is 2. The first-order valence-electron chi connectivity index (χ1n) is 12.4. The summed E-state index contributed by atoms with van der Waals surface area (Å²) in [6.45, 7) is 4.54. The maximum Gasteiger partial charge on any atom is 0.337 e. The van der Waals surface area contributed by atoms with Gasteiger partial charge in [-0.05, 0) is 69.0 Å². The number of nitrogens with zero attached hydrogens (tertiary/aromatic N) is 2. The largest absolute Gasteiger partial charge is 0.478 e. The molecule has 0 atom stereocenters. The molecule has 0 radical (unpaired) electrons. The molecule has 5 rings (SSSR count). The van der Waals surface area contributed by atoms with Crippen molar-refractivity contribution in [2.75, 3.05) is 6.54 Å². The molecule has 38 heavy (non-hydrogen) atoms. The highest BCUT2D eigenvalue weighted by atomic mass is 35.5. The van der Waals surface area contributed by atoms with Crippen LogP contribution in [0.15, 0.2) is 48.5 Å². The predicted molar refractivity (Wildman–Crippen MR) is 156 cm³/mol. The Labute approximate surface area is 238 Å². The Morgan fingerprint density at radius 3 is 1.84 bits per heavy atom. The van der Waals surface area contributed by atoms with E-state index in [0.717, 1.165) is 28.8 Å². The quantitative estimate of drug-likeness (QED) is 0.259. The van der Waals surface area contributed by atoms with Crippen molar-refractivity contribution in [1.29, 1.82) is 0 Å². The molecule has 1 fully saturated rings. The summed E-state index contributed by atoms with van der Waals surface area (Å²) in [6.07, 6.45) is 6.30. The van der Waals surface area contributed by atoms with E-state index in [1.165, 1.54) is 32.1 Å². The minimum atomic E-state index is -1.03. The van der Waals surface area contributed by atoms with E-state index in [-0.39, 0.29) is 28.9 Å². The number of fused-ring (bicyclic) bond motifs is 2. The smallest absolute Gasteiger partial charge is 0.337 e. The molecule has 1 saturated carbocycles. The number of halogens is 3. The van der Waals surface area contributed by atoms with Crippen LogP contribution in [-0.4, -0.2) is 33.5 Å². The number of nitrogens with one attached hydrogen (secondary N) is 1. The van der Waals surface area contributed by atoms with Crippen LogP contribution in [-0.2, 0) is 0 Å². The highest BCUT2D eigenvalue weighted by molar-refractivity contribution is 6.36. The minimum absolute atomic E-state index is 0. The number of carboxylic acids is 1. The van der Waals surface area contributed by atoms with Crippen LogP contribution in [0.1, 0.15) is 64.2 Å². The van der Waals surface area contributed by atoms with Gasteiger partial charge in [-0.1, -0.05) is 54.6 Å². The van der Waals surface area contributed by atoms with Crippen molar-refractivity contribution in [3.63, 3.8) is 0 Å². The van der Waals surface area contributed by atoms with E-state index in [9.17, 15) is 9.59 Å². The summed E-state index contributed by atoms with van der Waals surface area (Å²) in [5.74, 6) is -0.519. The van der Waals surface area contributed by atoms with Crippen molar-refractivity contribution < 1.29 is 14.7 Å². The molecule has 0 aliphatic heterocycles. The van der Waals surface area contributed by atoms with Gasteiger partial charge in [-0.3, -0.25) is 14.8 Å². The number of rotatable bonds is 4. The molecule has 0 bridgehead atoms. The molecule has 2 aromatic heterocycles. The molecule has 9 heteroatoms. The summed E-state index contributed by atoms with van der Waals surface area (Å²) in [5, 5.41) is 14.2. The van der Waals surface area contributed by atoms with E-state index in [2.05, 4.69) is 15.3 Å². The lowest BCUT2D eigenvalue weighted by molar-refractivity contribution is 0.0699. The number of pyridine rings is 2. The van der Waals surface area contributed by atoms with Gasteiger partial charge in [0.1, 0.15) is 0 Å². The number of hydrogen-bond donors (Lipinski definition) is 2. The second kappa shape index (κ2) is 13.2. The lowest BCUT2D eigenvalue weighted by atomic mass is 9.89. The van der Waals surface area contributed by atoms with E-state index >= 15 is 0 Å². The van der Waals surface area contributed by atoms with Crippen LogP contribution in [0.25, 0.3) is 21.8 Å². The summed E-state index contributed by atoms with van der Waals surface area (Å²) in [5.41, 5.74) is 3.90. The number of aromatic carboxylic acids is 1. The standard InChI is InChI=1S/C18H21ClN2O.C11H8ClNO2.ClH/c1-12-7-8-14-16(21-12)10-9-15(19)17(14)18(22)20-11-13-5-3-2-4-6-13;1-6-2-3-7-9(13-6)5-4-8(12)10(7)11(14)15;/h7-10,13H,2-6,11H2,1H3,(H,20,22);2-5H,1H3,(H,14,15);1H. The predicted octanol–water partition coefficient (Wildman–Crippen LogP) is 7.82. The molecule has 6 nitrogen and oxygen atoms in total. The number of hydrogen-bond acceptors (Lipinski definition) is 4. The lowest BCUT2D eigenvalue weighted by Crippen LogP contribution is -2.30. The number of amides is 1. The number of benzene rings is 2. The van der Waals surface area contributed by atoms with Crippen LogP contribution in [0.4, 0.5) is 0 Å². The molecule has 1 aliphatic rings. The van der Waals surface area contributed by atoms with Gasteiger partial charge in [0.15, 0.2) is 0 Å². The topological polar surface area (TPSA) is 92.2 Å². The van der Waals surface area contributed by atoms with Crippen LogP contribution in [0.5, 0.6) is 0 Å². The van der Waals surface area contributed by atoms with Crippen molar-refractivity contribution >= 4 is 69.3 Å².